The number of amides is 1. The number of aromatic nitrogens is 3. The Kier molecular flexibility index (Phi) is 5.11. The third-order valence-corrected chi connectivity index (χ3v) is 5.06. The molecule has 0 atom stereocenters. The molecule has 4 rings (SSSR count). The second-order valence-corrected chi connectivity index (χ2v) is 7.22. The summed E-state index contributed by atoms with van der Waals surface area (Å²) in [5.41, 5.74) is 2.45. The standard InChI is InChI=1S/C20H18BrN5O/c21-17-5-1-3-15(13-17)20(27)26-11-9-25(10-12-26)19-7-6-18(23-24-19)16-4-2-8-22-14-16/h1-8,13-14H,9-12H2. The number of hydrogen-bond donors (Lipinski definition) is 0. The van der Waals surface area contributed by atoms with E-state index in [1.807, 2.05) is 53.4 Å². The van der Waals surface area contributed by atoms with Gasteiger partial charge in [0.05, 0.1) is 5.69 Å². The van der Waals surface area contributed by atoms with Gasteiger partial charge in [-0.2, -0.15) is 0 Å². The molecule has 0 saturated carbocycles. The fourth-order valence-corrected chi connectivity index (χ4v) is 3.50. The molecule has 0 N–H and O–H groups in total. The highest BCUT2D eigenvalue weighted by Crippen LogP contribution is 2.19. The lowest BCUT2D eigenvalue weighted by molar-refractivity contribution is 0.0746. The van der Waals surface area contributed by atoms with Crippen LogP contribution >= 0.6 is 15.9 Å². The van der Waals surface area contributed by atoms with Gasteiger partial charge >= 0.3 is 0 Å². The molecule has 3 heterocycles. The van der Waals surface area contributed by atoms with Crippen LogP contribution in [0.15, 0.2) is 65.4 Å². The minimum absolute atomic E-state index is 0.0639. The van der Waals surface area contributed by atoms with Crippen molar-refractivity contribution in [1.82, 2.24) is 20.1 Å². The predicted molar refractivity (Wildman–Crippen MR) is 108 cm³/mol. The third kappa shape index (κ3) is 3.98. The average molecular weight is 424 g/mol. The van der Waals surface area contributed by atoms with Crippen molar-refractivity contribution in [2.75, 3.05) is 31.1 Å². The maximum Gasteiger partial charge on any atom is 0.254 e. The molecule has 1 aliphatic heterocycles. The Morgan fingerprint density at radius 2 is 1.81 bits per heavy atom. The second kappa shape index (κ2) is 7.84. The van der Waals surface area contributed by atoms with Crippen molar-refractivity contribution in [3.05, 3.63) is 71.0 Å². The van der Waals surface area contributed by atoms with Crippen LogP contribution in [0, 0.1) is 0 Å². The van der Waals surface area contributed by atoms with Crippen molar-refractivity contribution in [2.24, 2.45) is 0 Å². The number of carbonyl (C=O) groups is 1. The molecule has 0 aliphatic carbocycles. The summed E-state index contributed by atoms with van der Waals surface area (Å²) in [5, 5.41) is 8.68. The molecule has 7 heteroatoms. The summed E-state index contributed by atoms with van der Waals surface area (Å²) in [6.45, 7) is 2.80. The fraction of sp³-hybridized carbons (Fsp3) is 0.200. The van der Waals surface area contributed by atoms with Gasteiger partial charge in [0, 0.05) is 54.2 Å². The quantitative estimate of drug-likeness (QED) is 0.646. The lowest BCUT2D eigenvalue weighted by Gasteiger charge is -2.35. The lowest BCUT2D eigenvalue weighted by Crippen LogP contribution is -2.49. The van der Waals surface area contributed by atoms with Crippen LogP contribution in [0.4, 0.5) is 5.82 Å². The molecule has 3 aromatic rings. The van der Waals surface area contributed by atoms with E-state index in [-0.39, 0.29) is 5.91 Å². The Labute approximate surface area is 166 Å². The van der Waals surface area contributed by atoms with E-state index in [1.165, 1.54) is 0 Å². The van der Waals surface area contributed by atoms with Gasteiger partial charge in [-0.15, -0.1) is 10.2 Å². The number of hydrogen-bond acceptors (Lipinski definition) is 5. The summed E-state index contributed by atoms with van der Waals surface area (Å²) in [6, 6.07) is 15.3. The van der Waals surface area contributed by atoms with Crippen LogP contribution in [-0.4, -0.2) is 52.2 Å². The zero-order valence-corrected chi connectivity index (χ0v) is 16.2. The molecule has 0 radical (unpaired) electrons. The van der Waals surface area contributed by atoms with Crippen molar-refractivity contribution in [2.45, 2.75) is 0 Å². The van der Waals surface area contributed by atoms with Gasteiger partial charge in [0.1, 0.15) is 0 Å². The number of rotatable bonds is 3. The molecular formula is C20H18BrN5O. The molecule has 0 spiro atoms. The maximum atomic E-state index is 12.6. The largest absolute Gasteiger partial charge is 0.352 e. The van der Waals surface area contributed by atoms with E-state index in [0.717, 1.165) is 34.6 Å². The molecule has 2 aromatic heterocycles. The summed E-state index contributed by atoms with van der Waals surface area (Å²) >= 11 is 3.42. The SMILES string of the molecule is O=C(c1cccc(Br)c1)N1CCN(c2ccc(-c3cccnc3)nn2)CC1. The number of halogens is 1. The smallest absolute Gasteiger partial charge is 0.254 e. The van der Waals surface area contributed by atoms with Crippen LogP contribution in [0.3, 0.4) is 0 Å². The molecule has 1 aromatic carbocycles. The van der Waals surface area contributed by atoms with Crippen molar-refractivity contribution in [3.63, 3.8) is 0 Å². The Morgan fingerprint density at radius 3 is 2.48 bits per heavy atom. The first-order valence-corrected chi connectivity index (χ1v) is 9.54. The molecule has 1 aliphatic rings. The highest BCUT2D eigenvalue weighted by Gasteiger charge is 2.23. The number of benzene rings is 1. The summed E-state index contributed by atoms with van der Waals surface area (Å²) < 4.78 is 0.913. The fourth-order valence-electron chi connectivity index (χ4n) is 3.10. The summed E-state index contributed by atoms with van der Waals surface area (Å²) in [7, 11) is 0. The van der Waals surface area contributed by atoms with Crippen LogP contribution in [0.25, 0.3) is 11.3 Å². The van der Waals surface area contributed by atoms with Gasteiger partial charge in [0.15, 0.2) is 5.82 Å². The van der Waals surface area contributed by atoms with Gasteiger partial charge in [-0.3, -0.25) is 9.78 Å². The van der Waals surface area contributed by atoms with Gasteiger partial charge in [0.2, 0.25) is 0 Å². The minimum atomic E-state index is 0.0639. The van der Waals surface area contributed by atoms with Gasteiger partial charge in [-0.1, -0.05) is 22.0 Å². The normalized spacial score (nSPS) is 14.3. The predicted octanol–water partition coefficient (Wildman–Crippen LogP) is 3.26. The monoisotopic (exact) mass is 423 g/mol. The van der Waals surface area contributed by atoms with E-state index in [0.29, 0.717) is 18.7 Å². The molecule has 1 saturated heterocycles. The van der Waals surface area contributed by atoms with E-state index in [4.69, 9.17) is 0 Å². The van der Waals surface area contributed by atoms with Gasteiger partial charge in [-0.25, -0.2) is 0 Å². The minimum Gasteiger partial charge on any atom is -0.352 e. The first-order valence-electron chi connectivity index (χ1n) is 8.74. The highest BCUT2D eigenvalue weighted by atomic mass is 79.9. The van der Waals surface area contributed by atoms with Crippen molar-refractivity contribution >= 4 is 27.7 Å². The van der Waals surface area contributed by atoms with Gasteiger partial charge < -0.3 is 9.80 Å². The summed E-state index contributed by atoms with van der Waals surface area (Å²) in [6.07, 6.45) is 3.51. The van der Waals surface area contributed by atoms with Gasteiger partial charge in [0.25, 0.3) is 5.91 Å². The van der Waals surface area contributed by atoms with Crippen molar-refractivity contribution in [1.29, 1.82) is 0 Å². The van der Waals surface area contributed by atoms with Crippen molar-refractivity contribution in [3.8, 4) is 11.3 Å². The second-order valence-electron chi connectivity index (χ2n) is 6.31. The molecular weight excluding hydrogens is 406 g/mol. The first kappa shape index (κ1) is 17.6. The maximum absolute atomic E-state index is 12.6. The first-order chi connectivity index (χ1) is 13.2. The number of pyridine rings is 1. The Morgan fingerprint density at radius 1 is 0.963 bits per heavy atom. The Bertz CT molecular complexity index is 925. The molecule has 27 heavy (non-hydrogen) atoms. The van der Waals surface area contributed by atoms with E-state index in [9.17, 15) is 4.79 Å². The summed E-state index contributed by atoms with van der Waals surface area (Å²) in [4.78, 5) is 20.8. The van der Waals surface area contributed by atoms with E-state index < -0.39 is 0 Å². The molecule has 0 unspecified atom stereocenters. The molecule has 1 amide bonds. The van der Waals surface area contributed by atoms with Crippen LogP contribution in [0.5, 0.6) is 0 Å². The lowest BCUT2D eigenvalue weighted by atomic mass is 10.2. The zero-order chi connectivity index (χ0) is 18.6. The zero-order valence-electron chi connectivity index (χ0n) is 14.6. The number of nitrogens with zero attached hydrogens (tertiary/aromatic N) is 5. The van der Waals surface area contributed by atoms with Crippen LogP contribution in [-0.2, 0) is 0 Å². The number of carbonyl (C=O) groups excluding carboxylic acids is 1. The third-order valence-electron chi connectivity index (χ3n) is 4.57. The molecule has 136 valence electrons. The number of anilines is 1. The Hall–Kier alpha value is -2.80. The summed E-state index contributed by atoms with van der Waals surface area (Å²) in [5.74, 6) is 0.895. The van der Waals surface area contributed by atoms with Crippen LogP contribution < -0.4 is 4.90 Å². The van der Waals surface area contributed by atoms with E-state index in [1.54, 1.807) is 12.4 Å². The average Bonchev–Trinajstić information content (AvgIpc) is 2.74. The molecule has 0 bridgehead atoms. The van der Waals surface area contributed by atoms with Crippen LogP contribution in [0.2, 0.25) is 0 Å². The van der Waals surface area contributed by atoms with Crippen molar-refractivity contribution < 1.29 is 4.79 Å². The Balaban J connectivity index is 1.40. The molecule has 1 fully saturated rings. The molecule has 6 nitrogen and oxygen atoms in total. The van der Waals surface area contributed by atoms with E-state index >= 15 is 0 Å². The van der Waals surface area contributed by atoms with Gasteiger partial charge in [-0.05, 0) is 42.5 Å². The van der Waals surface area contributed by atoms with E-state index in [2.05, 4.69) is 36.0 Å². The number of piperazine rings is 1. The highest BCUT2D eigenvalue weighted by molar-refractivity contribution is 9.10. The topological polar surface area (TPSA) is 62.2 Å². The van der Waals surface area contributed by atoms with Crippen LogP contribution in [0.1, 0.15) is 10.4 Å².